The zero-order chi connectivity index (χ0) is 16.7. The van der Waals surface area contributed by atoms with E-state index in [-0.39, 0.29) is 12.5 Å². The number of benzene rings is 1. The number of aromatic nitrogens is 4. The fraction of sp³-hybridized carbons (Fsp3) is 0.125. The Morgan fingerprint density at radius 3 is 2.92 bits per heavy atom. The Hall–Kier alpha value is -2.84. The van der Waals surface area contributed by atoms with Crippen molar-refractivity contribution in [3.63, 3.8) is 0 Å². The normalized spacial score (nSPS) is 11.2. The summed E-state index contributed by atoms with van der Waals surface area (Å²) in [5, 5.41) is 16.1. The van der Waals surface area contributed by atoms with Crippen LogP contribution in [0.2, 0.25) is 0 Å². The molecule has 0 saturated carbocycles. The minimum atomic E-state index is -0.199. The Balaban J connectivity index is 1.76. The van der Waals surface area contributed by atoms with E-state index in [0.29, 0.717) is 28.0 Å². The van der Waals surface area contributed by atoms with Crippen LogP contribution in [-0.2, 0) is 6.73 Å². The summed E-state index contributed by atoms with van der Waals surface area (Å²) in [5.74, 6) is 0.604. The van der Waals surface area contributed by atoms with Crippen molar-refractivity contribution in [1.82, 2.24) is 19.7 Å². The van der Waals surface area contributed by atoms with Crippen LogP contribution in [0.25, 0.3) is 22.4 Å². The largest absolute Gasteiger partial charge is 0.376 e. The van der Waals surface area contributed by atoms with Crippen LogP contribution < -0.4 is 0 Å². The molecule has 0 saturated heterocycles. The molecule has 0 unspecified atom stereocenters. The number of nitrogens with zero attached hydrogens (tertiary/aromatic N) is 4. The van der Waals surface area contributed by atoms with Crippen LogP contribution in [0.15, 0.2) is 40.4 Å². The second-order valence-corrected chi connectivity index (χ2v) is 6.03. The highest BCUT2D eigenvalue weighted by molar-refractivity contribution is 7.12. The van der Waals surface area contributed by atoms with E-state index in [2.05, 4.69) is 15.1 Å². The molecule has 3 aromatic heterocycles. The van der Waals surface area contributed by atoms with Crippen molar-refractivity contribution in [2.45, 2.75) is 13.7 Å². The quantitative estimate of drug-likeness (QED) is 0.574. The predicted molar refractivity (Wildman–Crippen MR) is 87.7 cm³/mol. The van der Waals surface area contributed by atoms with Gasteiger partial charge in [0.15, 0.2) is 5.01 Å². The minimum Gasteiger partial charge on any atom is -0.376 e. The van der Waals surface area contributed by atoms with Gasteiger partial charge in [0.2, 0.25) is 17.5 Å². The van der Waals surface area contributed by atoms with Gasteiger partial charge in [0.25, 0.3) is 0 Å². The van der Waals surface area contributed by atoms with Gasteiger partial charge >= 0.3 is 0 Å². The predicted octanol–water partition coefficient (Wildman–Crippen LogP) is 2.64. The van der Waals surface area contributed by atoms with Crippen LogP contribution in [0, 0.1) is 6.92 Å². The van der Waals surface area contributed by atoms with Crippen molar-refractivity contribution in [2.75, 3.05) is 0 Å². The maximum atomic E-state index is 12.8. The monoisotopic (exact) mass is 340 g/mol. The van der Waals surface area contributed by atoms with Gasteiger partial charge in [0.1, 0.15) is 12.4 Å². The van der Waals surface area contributed by atoms with E-state index in [4.69, 9.17) is 4.52 Å². The number of carbonyl (C=O) groups excluding carboxylic acids is 1. The van der Waals surface area contributed by atoms with Gasteiger partial charge in [-0.05, 0) is 6.07 Å². The number of aliphatic hydroxyl groups excluding tert-OH is 1. The second kappa shape index (κ2) is 5.66. The lowest BCUT2D eigenvalue weighted by molar-refractivity contribution is 0.103. The molecule has 0 fully saturated rings. The summed E-state index contributed by atoms with van der Waals surface area (Å²) in [7, 11) is 0. The molecule has 24 heavy (non-hydrogen) atoms. The number of hydrogen-bond acceptors (Lipinski definition) is 7. The third-order valence-corrected chi connectivity index (χ3v) is 4.48. The first kappa shape index (κ1) is 14.7. The first-order valence-corrected chi connectivity index (χ1v) is 8.05. The Bertz CT molecular complexity index is 1050. The molecule has 0 spiro atoms. The molecular formula is C16H12N4O3S. The number of rotatable bonds is 4. The maximum absolute atomic E-state index is 12.8. The third kappa shape index (κ3) is 2.32. The Morgan fingerprint density at radius 2 is 2.17 bits per heavy atom. The summed E-state index contributed by atoms with van der Waals surface area (Å²) in [6, 6.07) is 7.43. The molecule has 0 aliphatic carbocycles. The first-order valence-electron chi connectivity index (χ1n) is 7.17. The molecule has 3 heterocycles. The van der Waals surface area contributed by atoms with Gasteiger partial charge in [-0.3, -0.25) is 4.79 Å². The van der Waals surface area contributed by atoms with E-state index >= 15 is 0 Å². The molecule has 1 N–H and O–H groups in total. The molecule has 1 aromatic carbocycles. The number of fused-ring (bicyclic) bond motifs is 1. The fourth-order valence-electron chi connectivity index (χ4n) is 2.54. The van der Waals surface area contributed by atoms with Crippen molar-refractivity contribution >= 4 is 28.0 Å². The van der Waals surface area contributed by atoms with Gasteiger partial charge in [0, 0.05) is 23.9 Å². The average molecular weight is 340 g/mol. The van der Waals surface area contributed by atoms with Crippen molar-refractivity contribution < 1.29 is 14.4 Å². The summed E-state index contributed by atoms with van der Waals surface area (Å²) < 4.78 is 6.56. The van der Waals surface area contributed by atoms with Gasteiger partial charge in [0.05, 0.1) is 11.1 Å². The molecule has 4 aromatic rings. The molecule has 0 radical (unpaired) electrons. The van der Waals surface area contributed by atoms with E-state index < -0.39 is 0 Å². The zero-order valence-corrected chi connectivity index (χ0v) is 13.4. The Morgan fingerprint density at radius 1 is 1.33 bits per heavy atom. The van der Waals surface area contributed by atoms with Crippen molar-refractivity contribution in [3.8, 4) is 11.5 Å². The van der Waals surface area contributed by atoms with Crippen molar-refractivity contribution in [3.05, 3.63) is 52.3 Å². The van der Waals surface area contributed by atoms with Crippen molar-refractivity contribution in [2.24, 2.45) is 0 Å². The molecule has 0 atom stereocenters. The van der Waals surface area contributed by atoms with Crippen molar-refractivity contribution in [1.29, 1.82) is 0 Å². The molecular weight excluding hydrogens is 328 g/mol. The molecule has 4 rings (SSSR count). The SMILES string of the molecule is Cc1nc(-c2csc(C(=O)c3cn(CO)c4ccccc34)n2)no1. The second-order valence-electron chi connectivity index (χ2n) is 5.18. The third-order valence-electron chi connectivity index (χ3n) is 3.64. The molecule has 0 bridgehead atoms. The van der Waals surface area contributed by atoms with E-state index in [9.17, 15) is 9.90 Å². The smallest absolute Gasteiger partial charge is 0.223 e. The van der Waals surface area contributed by atoms with E-state index in [1.165, 1.54) is 11.3 Å². The summed E-state index contributed by atoms with van der Waals surface area (Å²) in [5.41, 5.74) is 1.81. The number of carbonyl (C=O) groups is 1. The maximum Gasteiger partial charge on any atom is 0.223 e. The van der Waals surface area contributed by atoms with Gasteiger partial charge < -0.3 is 14.2 Å². The van der Waals surface area contributed by atoms with Crippen LogP contribution in [0.5, 0.6) is 0 Å². The Kier molecular flexibility index (Phi) is 3.47. The van der Waals surface area contributed by atoms with Crippen LogP contribution in [-0.4, -0.2) is 30.6 Å². The lowest BCUT2D eigenvalue weighted by Gasteiger charge is -1.97. The van der Waals surface area contributed by atoms with Gasteiger partial charge in [-0.25, -0.2) is 4.98 Å². The van der Waals surface area contributed by atoms with Crippen LogP contribution in [0.1, 0.15) is 21.3 Å². The standard InChI is InChI=1S/C16H12N4O3S/c1-9-17-15(19-23-9)12-7-24-16(18-12)14(22)11-6-20(8-21)13-5-3-2-4-10(11)13/h2-7,21H,8H2,1H3. The van der Waals surface area contributed by atoms with E-state index in [1.54, 1.807) is 23.1 Å². The summed E-state index contributed by atoms with van der Waals surface area (Å²) in [6.45, 7) is 1.50. The summed E-state index contributed by atoms with van der Waals surface area (Å²) in [4.78, 5) is 21.3. The lowest BCUT2D eigenvalue weighted by atomic mass is 10.1. The topological polar surface area (TPSA) is 94.0 Å². The van der Waals surface area contributed by atoms with Crippen LogP contribution >= 0.6 is 11.3 Å². The number of aliphatic hydroxyl groups is 1. The fourth-order valence-corrected chi connectivity index (χ4v) is 3.29. The number of para-hydroxylation sites is 1. The number of hydrogen-bond donors (Lipinski definition) is 1. The summed E-state index contributed by atoms with van der Waals surface area (Å²) in [6.07, 6.45) is 1.65. The molecule has 120 valence electrons. The molecule has 0 amide bonds. The van der Waals surface area contributed by atoms with E-state index in [0.717, 1.165) is 10.9 Å². The highest BCUT2D eigenvalue weighted by Gasteiger charge is 2.20. The molecule has 8 heteroatoms. The molecule has 0 aliphatic heterocycles. The Labute approximate surface area is 140 Å². The zero-order valence-electron chi connectivity index (χ0n) is 12.6. The van der Waals surface area contributed by atoms with Gasteiger partial charge in [-0.2, -0.15) is 4.98 Å². The molecule has 7 nitrogen and oxygen atoms in total. The number of ketones is 1. The van der Waals surface area contributed by atoms with Crippen LogP contribution in [0.3, 0.4) is 0 Å². The minimum absolute atomic E-state index is 0.195. The van der Waals surface area contributed by atoms with Crippen LogP contribution in [0.4, 0.5) is 0 Å². The summed E-state index contributed by atoms with van der Waals surface area (Å²) >= 11 is 1.23. The van der Waals surface area contributed by atoms with E-state index in [1.807, 2.05) is 24.3 Å². The number of thiazole rings is 1. The first-order chi connectivity index (χ1) is 11.7. The van der Waals surface area contributed by atoms with Gasteiger partial charge in [-0.1, -0.05) is 23.4 Å². The highest BCUT2D eigenvalue weighted by atomic mass is 32.1. The average Bonchev–Trinajstić information content (AvgIpc) is 3.31. The highest BCUT2D eigenvalue weighted by Crippen LogP contribution is 2.26. The molecule has 0 aliphatic rings. The lowest BCUT2D eigenvalue weighted by Crippen LogP contribution is -2.00. The van der Waals surface area contributed by atoms with Gasteiger partial charge in [-0.15, -0.1) is 11.3 Å². The number of aryl methyl sites for hydroxylation is 1.